The molecule has 0 N–H and O–H groups in total. The minimum absolute atomic E-state index is 0.518. The largest absolute Gasteiger partial charge is 0.395 e. The van der Waals surface area contributed by atoms with Crippen LogP contribution < -0.4 is 0 Å². The van der Waals surface area contributed by atoms with Gasteiger partial charge in [-0.05, 0) is 28.5 Å². The van der Waals surface area contributed by atoms with Crippen LogP contribution in [0.15, 0.2) is 102 Å². The van der Waals surface area contributed by atoms with Crippen molar-refractivity contribution in [2.45, 2.75) is 6.42 Å². The van der Waals surface area contributed by atoms with Gasteiger partial charge >= 0.3 is 0 Å². The highest BCUT2D eigenvalue weighted by Crippen LogP contribution is 2.19. The van der Waals surface area contributed by atoms with Crippen LogP contribution >= 0.6 is 0 Å². The summed E-state index contributed by atoms with van der Waals surface area (Å²) in [7, 11) is 0. The highest BCUT2D eigenvalue weighted by atomic mass is 16.6. The maximum Gasteiger partial charge on any atom is 0.121 e. The normalized spacial score (nSPS) is 11.5. The van der Waals surface area contributed by atoms with Crippen molar-refractivity contribution in [3.8, 4) is 0 Å². The first-order valence-electron chi connectivity index (χ1n) is 9.04. The number of rotatable bonds is 6. The summed E-state index contributed by atoms with van der Waals surface area (Å²) < 4.78 is 0. The lowest BCUT2D eigenvalue weighted by atomic mass is 10.0. The third-order valence-electron chi connectivity index (χ3n) is 4.48. The van der Waals surface area contributed by atoms with Gasteiger partial charge in [0.25, 0.3) is 0 Å². The Morgan fingerprint density at radius 2 is 1.56 bits per heavy atom. The first kappa shape index (κ1) is 17.0. The molecule has 3 aromatic carbocycles. The summed E-state index contributed by atoms with van der Waals surface area (Å²) in [6.07, 6.45) is 4.37. The Labute approximate surface area is 159 Å². The number of hydrogen-bond donors (Lipinski definition) is 0. The number of aromatic nitrogens is 1. The van der Waals surface area contributed by atoms with E-state index in [0.717, 1.165) is 23.3 Å². The van der Waals surface area contributed by atoms with Crippen molar-refractivity contribution in [3.63, 3.8) is 0 Å². The lowest BCUT2D eigenvalue weighted by Gasteiger charge is -2.08. The van der Waals surface area contributed by atoms with E-state index >= 15 is 0 Å². The average Bonchev–Trinajstić information content (AvgIpc) is 2.75. The molecule has 3 heteroatoms. The Morgan fingerprint density at radius 3 is 2.41 bits per heavy atom. The molecule has 1 aromatic heterocycles. The van der Waals surface area contributed by atoms with Crippen LogP contribution in [0, 0.1) is 0 Å². The van der Waals surface area contributed by atoms with Crippen LogP contribution in [0.3, 0.4) is 0 Å². The number of hydrogen-bond acceptors (Lipinski definition) is 3. The van der Waals surface area contributed by atoms with Crippen LogP contribution in [-0.4, -0.2) is 17.3 Å². The van der Waals surface area contributed by atoms with Gasteiger partial charge in [-0.25, -0.2) is 0 Å². The number of pyridine rings is 1. The summed E-state index contributed by atoms with van der Waals surface area (Å²) in [5.74, 6) is 0. The second-order valence-corrected chi connectivity index (χ2v) is 6.27. The molecule has 0 fully saturated rings. The first-order valence-corrected chi connectivity index (χ1v) is 9.04. The fourth-order valence-electron chi connectivity index (χ4n) is 3.15. The molecule has 0 radical (unpaired) electrons. The molecule has 4 aromatic rings. The van der Waals surface area contributed by atoms with E-state index in [4.69, 9.17) is 4.84 Å². The monoisotopic (exact) mass is 352 g/mol. The zero-order chi connectivity index (χ0) is 18.3. The molecule has 0 atom stereocenters. The third-order valence-corrected chi connectivity index (χ3v) is 4.48. The molecule has 0 bridgehead atoms. The molecule has 0 unspecified atom stereocenters. The van der Waals surface area contributed by atoms with E-state index in [1.54, 1.807) is 12.4 Å². The maximum absolute atomic E-state index is 5.72. The molecule has 0 saturated carbocycles. The molecule has 0 saturated heterocycles. The van der Waals surface area contributed by atoms with Gasteiger partial charge in [-0.15, -0.1) is 0 Å². The van der Waals surface area contributed by atoms with Crippen LogP contribution in [0.5, 0.6) is 0 Å². The van der Waals surface area contributed by atoms with Crippen molar-refractivity contribution in [2.24, 2.45) is 5.16 Å². The van der Waals surface area contributed by atoms with Crippen LogP contribution in [0.4, 0.5) is 0 Å². The molecular formula is C24H20N2O. The molecule has 0 aliphatic rings. The number of nitrogens with zero attached hydrogens (tertiary/aromatic N) is 2. The van der Waals surface area contributed by atoms with Crippen molar-refractivity contribution in [1.82, 2.24) is 4.98 Å². The summed E-state index contributed by atoms with van der Waals surface area (Å²) >= 11 is 0. The van der Waals surface area contributed by atoms with E-state index in [0.29, 0.717) is 6.61 Å². The van der Waals surface area contributed by atoms with Gasteiger partial charge in [-0.3, -0.25) is 4.98 Å². The fraction of sp³-hybridized carbons (Fsp3) is 0.0833. The van der Waals surface area contributed by atoms with Crippen molar-refractivity contribution in [3.05, 3.63) is 114 Å². The van der Waals surface area contributed by atoms with Crippen LogP contribution in [0.1, 0.15) is 16.7 Å². The zero-order valence-electron chi connectivity index (χ0n) is 15.0. The molecule has 3 nitrogen and oxygen atoms in total. The molecule has 0 spiro atoms. The third kappa shape index (κ3) is 4.04. The first-order chi connectivity index (χ1) is 13.4. The fourth-order valence-corrected chi connectivity index (χ4v) is 3.15. The number of fused-ring (bicyclic) bond motifs is 1. The van der Waals surface area contributed by atoms with E-state index in [1.165, 1.54) is 16.3 Å². The van der Waals surface area contributed by atoms with E-state index in [9.17, 15) is 0 Å². The summed E-state index contributed by atoms with van der Waals surface area (Å²) in [4.78, 5) is 9.92. The molecule has 0 amide bonds. The highest BCUT2D eigenvalue weighted by molar-refractivity contribution is 6.12. The minimum atomic E-state index is 0.518. The summed E-state index contributed by atoms with van der Waals surface area (Å²) in [6, 6.07) is 28.7. The van der Waals surface area contributed by atoms with Gasteiger partial charge in [-0.2, -0.15) is 0 Å². The zero-order valence-corrected chi connectivity index (χ0v) is 15.0. The maximum atomic E-state index is 5.72. The second-order valence-electron chi connectivity index (χ2n) is 6.27. The molecular weight excluding hydrogens is 332 g/mol. The van der Waals surface area contributed by atoms with E-state index in [1.807, 2.05) is 42.5 Å². The van der Waals surface area contributed by atoms with E-state index in [-0.39, 0.29) is 0 Å². The van der Waals surface area contributed by atoms with Gasteiger partial charge in [0.15, 0.2) is 0 Å². The Hall–Kier alpha value is -3.46. The van der Waals surface area contributed by atoms with Crippen LogP contribution in [0.2, 0.25) is 0 Å². The topological polar surface area (TPSA) is 34.5 Å². The van der Waals surface area contributed by atoms with E-state index < -0.39 is 0 Å². The molecule has 0 aliphatic heterocycles. The van der Waals surface area contributed by atoms with Crippen molar-refractivity contribution in [2.75, 3.05) is 6.61 Å². The van der Waals surface area contributed by atoms with Crippen LogP contribution in [0.25, 0.3) is 10.8 Å². The van der Waals surface area contributed by atoms with E-state index in [2.05, 4.69) is 52.6 Å². The molecule has 1 heterocycles. The number of oxime groups is 1. The Balaban J connectivity index is 1.52. The van der Waals surface area contributed by atoms with Crippen molar-refractivity contribution in [1.29, 1.82) is 0 Å². The van der Waals surface area contributed by atoms with Gasteiger partial charge in [-0.1, -0.05) is 78.0 Å². The quantitative estimate of drug-likeness (QED) is 0.270. The Kier molecular flexibility index (Phi) is 5.21. The lowest BCUT2D eigenvalue weighted by Crippen LogP contribution is -2.06. The standard InChI is InChI=1S/C24H20N2O/c1-2-9-21(10-3-1)24(22-13-7-16-25-18-22)26-27-17-15-20-12-6-11-19-8-4-5-14-23(19)20/h1-14,16,18H,15,17H2. The SMILES string of the molecule is c1ccc(C(=NOCCc2cccc3ccccc23)c2cccnc2)cc1. The molecule has 4 rings (SSSR count). The summed E-state index contributed by atoms with van der Waals surface area (Å²) in [5, 5.41) is 6.95. The highest BCUT2D eigenvalue weighted by Gasteiger charge is 2.08. The van der Waals surface area contributed by atoms with Gasteiger partial charge in [0, 0.05) is 29.9 Å². The lowest BCUT2D eigenvalue weighted by molar-refractivity contribution is 0.148. The smallest absolute Gasteiger partial charge is 0.121 e. The summed E-state index contributed by atoms with van der Waals surface area (Å²) in [5.41, 5.74) is 4.01. The van der Waals surface area contributed by atoms with Gasteiger partial charge < -0.3 is 4.84 Å². The van der Waals surface area contributed by atoms with Crippen molar-refractivity contribution >= 4 is 16.5 Å². The minimum Gasteiger partial charge on any atom is -0.395 e. The van der Waals surface area contributed by atoms with Crippen molar-refractivity contribution < 1.29 is 4.84 Å². The predicted octanol–water partition coefficient (Wildman–Crippen LogP) is 5.25. The van der Waals surface area contributed by atoms with Gasteiger partial charge in [0.05, 0.1) is 0 Å². The predicted molar refractivity (Wildman–Crippen MR) is 110 cm³/mol. The van der Waals surface area contributed by atoms with Gasteiger partial charge in [0.1, 0.15) is 12.3 Å². The molecule has 27 heavy (non-hydrogen) atoms. The van der Waals surface area contributed by atoms with Crippen LogP contribution in [-0.2, 0) is 11.3 Å². The Bertz CT molecular complexity index is 997. The average molecular weight is 352 g/mol. The Morgan fingerprint density at radius 1 is 0.778 bits per heavy atom. The summed E-state index contributed by atoms with van der Waals surface area (Å²) in [6.45, 7) is 0.518. The molecule has 132 valence electrons. The number of benzene rings is 3. The second kappa shape index (κ2) is 8.28. The molecule has 0 aliphatic carbocycles. The van der Waals surface area contributed by atoms with Gasteiger partial charge in [0.2, 0.25) is 0 Å².